The molecule has 3 nitrogen and oxygen atoms in total. The average Bonchev–Trinajstić information content (AvgIpc) is 2.61. The zero-order valence-electron chi connectivity index (χ0n) is 17.0. The first-order chi connectivity index (χ1) is 12.4. The summed E-state index contributed by atoms with van der Waals surface area (Å²) in [6.45, 7) is 12.8. The van der Waals surface area contributed by atoms with Gasteiger partial charge in [-0.25, -0.2) is 0 Å². The Morgan fingerprint density at radius 3 is 2.50 bits per heavy atom. The third-order valence-corrected chi connectivity index (χ3v) is 7.15. The lowest BCUT2D eigenvalue weighted by Gasteiger charge is -2.61. The van der Waals surface area contributed by atoms with Crippen LogP contribution in [0.15, 0.2) is 30.3 Å². The number of rotatable bonds is 2. The van der Waals surface area contributed by atoms with Crippen molar-refractivity contribution < 1.29 is 9.47 Å². The van der Waals surface area contributed by atoms with Gasteiger partial charge < -0.3 is 9.47 Å². The van der Waals surface area contributed by atoms with Gasteiger partial charge in [-0.2, -0.15) is 0 Å². The lowest BCUT2D eigenvalue weighted by Crippen LogP contribution is -2.69. The summed E-state index contributed by atoms with van der Waals surface area (Å²) in [6.07, 6.45) is 4.43. The van der Waals surface area contributed by atoms with Crippen LogP contribution in [0.25, 0.3) is 0 Å². The molecule has 0 N–H and O–H groups in total. The first kappa shape index (κ1) is 18.5. The van der Waals surface area contributed by atoms with Crippen LogP contribution in [0.4, 0.5) is 0 Å². The number of hydrogen-bond donors (Lipinski definition) is 0. The molecule has 6 atom stereocenters. The summed E-state index contributed by atoms with van der Waals surface area (Å²) in [7, 11) is 0. The molecule has 1 saturated carbocycles. The zero-order chi connectivity index (χ0) is 18.5. The molecule has 1 aliphatic carbocycles. The van der Waals surface area contributed by atoms with Crippen molar-refractivity contribution in [2.75, 3.05) is 6.54 Å². The fraction of sp³-hybridized carbons (Fsp3) is 0.739. The molecule has 2 saturated heterocycles. The molecular weight excluding hydrogens is 322 g/mol. The molecule has 0 radical (unpaired) electrons. The third kappa shape index (κ3) is 3.12. The van der Waals surface area contributed by atoms with E-state index in [9.17, 15) is 0 Å². The van der Waals surface area contributed by atoms with Crippen molar-refractivity contribution in [3.63, 3.8) is 0 Å². The molecule has 144 valence electrons. The zero-order valence-corrected chi connectivity index (χ0v) is 17.0. The maximum Gasteiger partial charge on any atom is 0.142 e. The topological polar surface area (TPSA) is 21.7 Å². The van der Waals surface area contributed by atoms with Crippen molar-refractivity contribution in [3.05, 3.63) is 35.9 Å². The summed E-state index contributed by atoms with van der Waals surface area (Å²) >= 11 is 0. The summed E-state index contributed by atoms with van der Waals surface area (Å²) in [5.41, 5.74) is 1.39. The van der Waals surface area contributed by atoms with Gasteiger partial charge in [0.05, 0.1) is 12.2 Å². The fourth-order valence-electron chi connectivity index (χ4n) is 5.40. The van der Waals surface area contributed by atoms with Gasteiger partial charge in [0, 0.05) is 18.0 Å². The van der Waals surface area contributed by atoms with Crippen LogP contribution in [0.1, 0.15) is 65.5 Å². The molecule has 1 aromatic rings. The predicted molar refractivity (Wildman–Crippen MR) is 105 cm³/mol. The van der Waals surface area contributed by atoms with Gasteiger partial charge in [-0.3, -0.25) is 4.90 Å². The van der Waals surface area contributed by atoms with E-state index in [1.807, 2.05) is 0 Å². The van der Waals surface area contributed by atoms with Crippen LogP contribution < -0.4 is 0 Å². The van der Waals surface area contributed by atoms with Gasteiger partial charge in [0.2, 0.25) is 0 Å². The Balaban J connectivity index is 1.70. The number of fused-ring (bicyclic) bond motifs is 2. The van der Waals surface area contributed by atoms with Gasteiger partial charge in [-0.1, -0.05) is 57.5 Å². The van der Waals surface area contributed by atoms with Crippen LogP contribution >= 0.6 is 0 Å². The predicted octanol–water partition coefficient (Wildman–Crippen LogP) is 5.02. The summed E-state index contributed by atoms with van der Waals surface area (Å²) in [5, 5.41) is 0. The van der Waals surface area contributed by atoms with Crippen LogP contribution in [0, 0.1) is 17.8 Å². The second-order valence-corrected chi connectivity index (χ2v) is 9.65. The summed E-state index contributed by atoms with van der Waals surface area (Å²) < 4.78 is 13.4. The monoisotopic (exact) mass is 357 g/mol. The van der Waals surface area contributed by atoms with Crippen molar-refractivity contribution >= 4 is 0 Å². The van der Waals surface area contributed by atoms with Crippen LogP contribution in [0.5, 0.6) is 0 Å². The number of ether oxygens (including phenoxy) is 2. The second kappa shape index (κ2) is 6.92. The summed E-state index contributed by atoms with van der Waals surface area (Å²) in [5.74, 6) is 1.89. The van der Waals surface area contributed by atoms with Crippen molar-refractivity contribution in [2.24, 2.45) is 17.8 Å². The molecule has 3 aliphatic rings. The van der Waals surface area contributed by atoms with Gasteiger partial charge >= 0.3 is 0 Å². The molecule has 3 heteroatoms. The minimum Gasteiger partial charge on any atom is -0.365 e. The van der Waals surface area contributed by atoms with Crippen LogP contribution in [-0.4, -0.2) is 35.4 Å². The van der Waals surface area contributed by atoms with E-state index in [-0.39, 0.29) is 24.0 Å². The van der Waals surface area contributed by atoms with E-state index in [0.29, 0.717) is 17.9 Å². The molecule has 0 spiro atoms. The van der Waals surface area contributed by atoms with Crippen molar-refractivity contribution in [2.45, 2.75) is 84.0 Å². The third-order valence-electron chi connectivity index (χ3n) is 7.15. The molecule has 3 fully saturated rings. The highest BCUT2D eigenvalue weighted by molar-refractivity contribution is 5.20. The van der Waals surface area contributed by atoms with Gasteiger partial charge in [-0.15, -0.1) is 0 Å². The molecule has 4 rings (SSSR count). The minimum atomic E-state index is -0.00481. The van der Waals surface area contributed by atoms with E-state index in [1.165, 1.54) is 24.8 Å². The van der Waals surface area contributed by atoms with E-state index in [4.69, 9.17) is 9.47 Å². The first-order valence-electron chi connectivity index (χ1n) is 10.5. The molecule has 0 bridgehead atoms. The van der Waals surface area contributed by atoms with E-state index in [2.05, 4.69) is 69.9 Å². The number of hydrogen-bond acceptors (Lipinski definition) is 3. The molecule has 0 amide bonds. The average molecular weight is 358 g/mol. The Labute approximate surface area is 159 Å². The molecule has 2 heterocycles. The van der Waals surface area contributed by atoms with E-state index < -0.39 is 0 Å². The van der Waals surface area contributed by atoms with Crippen LogP contribution in [0.2, 0.25) is 0 Å². The van der Waals surface area contributed by atoms with E-state index in [0.717, 1.165) is 12.5 Å². The Hall–Kier alpha value is -0.900. The quantitative estimate of drug-likeness (QED) is 0.741. The molecule has 0 unspecified atom stereocenters. The smallest absolute Gasteiger partial charge is 0.142 e. The molecule has 0 aromatic heterocycles. The van der Waals surface area contributed by atoms with E-state index >= 15 is 0 Å². The second-order valence-electron chi connectivity index (χ2n) is 9.65. The minimum absolute atomic E-state index is 0.00481. The summed E-state index contributed by atoms with van der Waals surface area (Å²) in [6, 6.07) is 10.7. The normalized spacial score (nSPS) is 40.1. The van der Waals surface area contributed by atoms with Gasteiger partial charge in [0.1, 0.15) is 12.3 Å². The standard InChI is InChI=1S/C23H35NO2/c1-15(2)20-14-24-22(21(25-20)17-9-7-6-8-10-17)26-19-13-16(3)11-12-18(19)23(24,4)5/h6-10,15-16,18-22H,11-14H2,1-5H3/t16-,18-,19-,20+,21+,22+/m1/s1. The van der Waals surface area contributed by atoms with Crippen LogP contribution in [-0.2, 0) is 9.47 Å². The van der Waals surface area contributed by atoms with Gasteiger partial charge in [-0.05, 0) is 44.1 Å². The van der Waals surface area contributed by atoms with E-state index in [1.54, 1.807) is 0 Å². The lowest BCUT2D eigenvalue weighted by molar-refractivity contribution is -0.308. The number of benzene rings is 1. The highest BCUT2D eigenvalue weighted by Crippen LogP contribution is 2.49. The summed E-state index contributed by atoms with van der Waals surface area (Å²) in [4.78, 5) is 2.63. The first-order valence-corrected chi connectivity index (χ1v) is 10.5. The number of morpholine rings is 1. The maximum atomic E-state index is 6.80. The Bertz CT molecular complexity index is 614. The highest BCUT2D eigenvalue weighted by atomic mass is 16.6. The Morgan fingerprint density at radius 1 is 1.08 bits per heavy atom. The highest BCUT2D eigenvalue weighted by Gasteiger charge is 2.55. The van der Waals surface area contributed by atoms with Gasteiger partial charge in [0.25, 0.3) is 0 Å². The Morgan fingerprint density at radius 2 is 1.81 bits per heavy atom. The van der Waals surface area contributed by atoms with Crippen molar-refractivity contribution in [3.8, 4) is 0 Å². The van der Waals surface area contributed by atoms with Crippen molar-refractivity contribution in [1.29, 1.82) is 0 Å². The maximum absolute atomic E-state index is 6.80. The van der Waals surface area contributed by atoms with Crippen LogP contribution in [0.3, 0.4) is 0 Å². The molecule has 26 heavy (non-hydrogen) atoms. The molecule has 1 aromatic carbocycles. The number of nitrogens with zero attached hydrogens (tertiary/aromatic N) is 1. The molecular formula is C23H35NO2. The Kier molecular flexibility index (Phi) is 4.92. The SMILES string of the molecule is CC(C)[C@@H]1CN2[C@@H](O[C@@H]3C[C@H](C)CC[C@H]3C2(C)C)[C@H](c2ccccc2)O1. The lowest BCUT2D eigenvalue weighted by atomic mass is 9.69. The fourth-order valence-corrected chi connectivity index (χ4v) is 5.40. The van der Waals surface area contributed by atoms with Gasteiger partial charge in [0.15, 0.2) is 0 Å². The van der Waals surface area contributed by atoms with Crippen molar-refractivity contribution in [1.82, 2.24) is 4.90 Å². The molecule has 2 aliphatic heterocycles. The largest absolute Gasteiger partial charge is 0.365 e.